The molecule has 4 heteroatoms. The van der Waals surface area contributed by atoms with E-state index in [1.165, 1.54) is 5.56 Å². The third kappa shape index (κ3) is 3.15. The van der Waals surface area contributed by atoms with Crippen LogP contribution in [0.2, 0.25) is 0 Å². The van der Waals surface area contributed by atoms with Gasteiger partial charge in [0, 0.05) is 22.0 Å². The number of aryl methyl sites for hydroxylation is 1. The number of nitrogens with zero attached hydrogens (tertiary/aromatic N) is 2. The van der Waals surface area contributed by atoms with Crippen molar-refractivity contribution in [2.24, 2.45) is 0 Å². The number of imidazole rings is 1. The average Bonchev–Trinajstić information content (AvgIpc) is 2.71. The zero-order valence-corrected chi connectivity index (χ0v) is 15.1. The van der Waals surface area contributed by atoms with Crippen LogP contribution in [-0.2, 0) is 12.0 Å². The topological polar surface area (TPSA) is 43.8 Å². The lowest BCUT2D eigenvalue weighted by Gasteiger charge is -2.19. The van der Waals surface area contributed by atoms with E-state index in [9.17, 15) is 0 Å². The predicted molar refractivity (Wildman–Crippen MR) is 93.5 cm³/mol. The van der Waals surface area contributed by atoms with Gasteiger partial charge >= 0.3 is 0 Å². The van der Waals surface area contributed by atoms with Crippen LogP contribution in [0.25, 0.3) is 11.3 Å². The summed E-state index contributed by atoms with van der Waals surface area (Å²) in [6.07, 6.45) is 1.04. The number of aromatic nitrogens is 2. The first kappa shape index (κ1) is 16.1. The smallest absolute Gasteiger partial charge is 0.131 e. The quantitative estimate of drug-likeness (QED) is 0.855. The zero-order chi connectivity index (χ0) is 15.8. The summed E-state index contributed by atoms with van der Waals surface area (Å²) in [5.74, 6) is 1.81. The molecule has 1 aromatic heterocycles. The van der Waals surface area contributed by atoms with Gasteiger partial charge in [-0.05, 0) is 25.0 Å². The van der Waals surface area contributed by atoms with Gasteiger partial charge < -0.3 is 10.3 Å². The Kier molecular flexibility index (Phi) is 4.47. The number of benzene rings is 1. The van der Waals surface area contributed by atoms with Crippen LogP contribution >= 0.6 is 15.9 Å². The van der Waals surface area contributed by atoms with Crippen LogP contribution in [0.4, 0.5) is 5.82 Å². The molecule has 2 rings (SSSR count). The summed E-state index contributed by atoms with van der Waals surface area (Å²) in [5, 5.41) is 0. The third-order valence-corrected chi connectivity index (χ3v) is 4.42. The van der Waals surface area contributed by atoms with Crippen LogP contribution in [0.15, 0.2) is 22.7 Å². The van der Waals surface area contributed by atoms with Crippen LogP contribution in [0.1, 0.15) is 45.5 Å². The maximum absolute atomic E-state index is 6.39. The second-order valence-electron chi connectivity index (χ2n) is 6.53. The van der Waals surface area contributed by atoms with Gasteiger partial charge in [0.1, 0.15) is 17.3 Å². The highest BCUT2D eigenvalue weighted by molar-refractivity contribution is 9.10. The van der Waals surface area contributed by atoms with Gasteiger partial charge in [-0.1, -0.05) is 55.8 Å². The van der Waals surface area contributed by atoms with Gasteiger partial charge in [0.15, 0.2) is 0 Å². The first-order chi connectivity index (χ1) is 9.75. The predicted octanol–water partition coefficient (Wildman–Crippen LogP) is 4.91. The van der Waals surface area contributed by atoms with Crippen molar-refractivity contribution in [3.8, 4) is 11.3 Å². The fraction of sp³-hybridized carbons (Fsp3) is 0.471. The normalized spacial score (nSPS) is 11.9. The van der Waals surface area contributed by atoms with Gasteiger partial charge in [-0.15, -0.1) is 0 Å². The first-order valence-corrected chi connectivity index (χ1v) is 8.18. The Bertz CT molecular complexity index is 651. The number of anilines is 1. The van der Waals surface area contributed by atoms with E-state index in [4.69, 9.17) is 10.7 Å². The molecule has 21 heavy (non-hydrogen) atoms. The highest BCUT2D eigenvalue weighted by Crippen LogP contribution is 2.33. The molecule has 0 unspecified atom stereocenters. The Morgan fingerprint density at radius 3 is 2.48 bits per heavy atom. The van der Waals surface area contributed by atoms with Gasteiger partial charge in [-0.25, -0.2) is 4.98 Å². The lowest BCUT2D eigenvalue weighted by molar-refractivity contribution is 0.498. The van der Waals surface area contributed by atoms with Gasteiger partial charge in [0.2, 0.25) is 0 Å². The lowest BCUT2D eigenvalue weighted by Crippen LogP contribution is -2.19. The molecular weight excluding hydrogens is 326 g/mol. The fourth-order valence-electron chi connectivity index (χ4n) is 2.44. The van der Waals surface area contributed by atoms with Crippen molar-refractivity contribution >= 4 is 21.7 Å². The summed E-state index contributed by atoms with van der Waals surface area (Å²) in [5.41, 5.74) is 9.52. The van der Waals surface area contributed by atoms with Gasteiger partial charge in [0.05, 0.1) is 0 Å². The van der Waals surface area contributed by atoms with Crippen LogP contribution in [0, 0.1) is 6.92 Å². The molecule has 2 N–H and O–H groups in total. The molecular formula is C17H24BrN3. The molecule has 3 nitrogen and oxygen atoms in total. The first-order valence-electron chi connectivity index (χ1n) is 7.38. The van der Waals surface area contributed by atoms with Crippen molar-refractivity contribution in [3.63, 3.8) is 0 Å². The molecule has 1 aromatic carbocycles. The van der Waals surface area contributed by atoms with E-state index >= 15 is 0 Å². The summed E-state index contributed by atoms with van der Waals surface area (Å²) in [4.78, 5) is 4.86. The number of rotatable bonds is 3. The molecule has 0 amide bonds. The molecule has 0 aliphatic heterocycles. The van der Waals surface area contributed by atoms with E-state index in [1.807, 2.05) is 0 Å². The third-order valence-electron chi connectivity index (χ3n) is 3.57. The van der Waals surface area contributed by atoms with E-state index in [-0.39, 0.29) is 5.41 Å². The number of hydrogen-bond acceptors (Lipinski definition) is 2. The van der Waals surface area contributed by atoms with Crippen molar-refractivity contribution in [1.82, 2.24) is 9.55 Å². The largest absolute Gasteiger partial charge is 0.383 e. The van der Waals surface area contributed by atoms with Crippen molar-refractivity contribution < 1.29 is 0 Å². The molecule has 0 atom stereocenters. The molecule has 0 bridgehead atoms. The van der Waals surface area contributed by atoms with E-state index in [1.54, 1.807) is 0 Å². The van der Waals surface area contributed by atoms with E-state index in [2.05, 4.69) is 73.3 Å². The van der Waals surface area contributed by atoms with Crippen molar-refractivity contribution in [2.45, 2.75) is 53.0 Å². The van der Waals surface area contributed by atoms with E-state index < -0.39 is 0 Å². The number of nitrogens with two attached hydrogens (primary N) is 1. The minimum atomic E-state index is -0.0243. The molecule has 0 fully saturated rings. The van der Waals surface area contributed by atoms with Crippen LogP contribution < -0.4 is 5.73 Å². The maximum Gasteiger partial charge on any atom is 0.131 e. The van der Waals surface area contributed by atoms with Crippen LogP contribution in [0.3, 0.4) is 0 Å². The minimum Gasteiger partial charge on any atom is -0.383 e. The molecule has 0 saturated carbocycles. The van der Waals surface area contributed by atoms with Crippen molar-refractivity contribution in [1.29, 1.82) is 0 Å². The van der Waals surface area contributed by atoms with E-state index in [0.717, 1.165) is 40.3 Å². The molecule has 0 saturated heterocycles. The van der Waals surface area contributed by atoms with Crippen molar-refractivity contribution in [3.05, 3.63) is 34.1 Å². The molecule has 0 aliphatic carbocycles. The summed E-state index contributed by atoms with van der Waals surface area (Å²) < 4.78 is 3.24. The zero-order valence-electron chi connectivity index (χ0n) is 13.5. The monoisotopic (exact) mass is 349 g/mol. The highest BCUT2D eigenvalue weighted by atomic mass is 79.9. The Hall–Kier alpha value is -1.29. The second kappa shape index (κ2) is 5.84. The summed E-state index contributed by atoms with van der Waals surface area (Å²) in [6, 6.07) is 6.27. The Balaban J connectivity index is 2.61. The van der Waals surface area contributed by atoms with E-state index in [0.29, 0.717) is 0 Å². The molecule has 2 aromatic rings. The second-order valence-corrected chi connectivity index (χ2v) is 7.39. The molecule has 114 valence electrons. The average molecular weight is 350 g/mol. The molecule has 0 spiro atoms. The number of hydrogen-bond donors (Lipinski definition) is 1. The maximum atomic E-state index is 6.39. The number of halogens is 1. The fourth-order valence-corrected chi connectivity index (χ4v) is 2.82. The summed E-state index contributed by atoms with van der Waals surface area (Å²) in [6.45, 7) is 11.7. The highest BCUT2D eigenvalue weighted by Gasteiger charge is 2.25. The molecule has 0 aliphatic rings. The van der Waals surface area contributed by atoms with Gasteiger partial charge in [-0.2, -0.15) is 0 Å². The SMILES string of the molecule is CCCn1c(C(C)(C)C)nc(-c2ccc(C)c(Br)c2)c1N. The van der Waals surface area contributed by atoms with Gasteiger partial charge in [0.25, 0.3) is 0 Å². The Morgan fingerprint density at radius 1 is 1.29 bits per heavy atom. The minimum absolute atomic E-state index is 0.0243. The van der Waals surface area contributed by atoms with Crippen LogP contribution in [-0.4, -0.2) is 9.55 Å². The van der Waals surface area contributed by atoms with Crippen LogP contribution in [0.5, 0.6) is 0 Å². The standard InChI is InChI=1S/C17H24BrN3/c1-6-9-21-15(19)14(20-16(21)17(3,4)5)12-8-7-11(2)13(18)10-12/h7-8,10H,6,9,19H2,1-5H3. The Labute approximate surface area is 135 Å². The Morgan fingerprint density at radius 2 is 1.95 bits per heavy atom. The van der Waals surface area contributed by atoms with Gasteiger partial charge in [-0.3, -0.25) is 0 Å². The lowest BCUT2D eigenvalue weighted by atomic mass is 9.95. The summed E-state index contributed by atoms with van der Waals surface area (Å²) in [7, 11) is 0. The summed E-state index contributed by atoms with van der Waals surface area (Å²) >= 11 is 3.59. The number of nitrogen functional groups attached to an aromatic ring is 1. The van der Waals surface area contributed by atoms with Crippen molar-refractivity contribution in [2.75, 3.05) is 5.73 Å². The molecule has 1 heterocycles. The molecule has 0 radical (unpaired) electrons.